The summed E-state index contributed by atoms with van der Waals surface area (Å²) in [7, 11) is -2.79. The summed E-state index contributed by atoms with van der Waals surface area (Å²) >= 11 is 5.90. The smallest absolute Gasteiger partial charge is 0.417 e. The molecule has 0 saturated heterocycles. The third kappa shape index (κ3) is 6.52. The van der Waals surface area contributed by atoms with Crippen molar-refractivity contribution in [1.82, 2.24) is 5.43 Å². The van der Waals surface area contributed by atoms with Gasteiger partial charge in [-0.05, 0) is 54.6 Å². The van der Waals surface area contributed by atoms with Crippen LogP contribution < -0.4 is 14.5 Å². The summed E-state index contributed by atoms with van der Waals surface area (Å²) in [4.78, 5) is 12.4. The Hall–Kier alpha value is -3.57. The first-order valence-corrected chi connectivity index (χ1v) is 11.7. The minimum Gasteiger partial charge on any atom is -0.497 e. The average molecular weight is 526 g/mol. The van der Waals surface area contributed by atoms with Crippen molar-refractivity contribution in [3.05, 3.63) is 88.9 Å². The van der Waals surface area contributed by atoms with E-state index < -0.39 is 34.2 Å². The van der Waals surface area contributed by atoms with Crippen LogP contribution in [0.15, 0.2) is 82.8 Å². The van der Waals surface area contributed by atoms with Crippen molar-refractivity contribution >= 4 is 39.4 Å². The van der Waals surface area contributed by atoms with Crippen molar-refractivity contribution in [2.75, 3.05) is 18.0 Å². The summed E-state index contributed by atoms with van der Waals surface area (Å²) in [6.45, 7) is -0.700. The number of carbonyl (C=O) groups is 1. The third-order valence-corrected chi connectivity index (χ3v) is 6.75. The molecule has 0 aromatic heterocycles. The number of methoxy groups -OCH3 is 1. The maximum Gasteiger partial charge on any atom is 0.417 e. The maximum atomic E-state index is 13.3. The molecule has 3 aromatic rings. The Balaban J connectivity index is 1.85. The molecule has 0 spiro atoms. The molecular formula is C23H19ClF3N3O4S. The van der Waals surface area contributed by atoms with Crippen LogP contribution in [0.2, 0.25) is 5.02 Å². The summed E-state index contributed by atoms with van der Waals surface area (Å²) in [5, 5.41) is 3.92. The van der Waals surface area contributed by atoms with Gasteiger partial charge in [0.05, 0.1) is 29.5 Å². The van der Waals surface area contributed by atoms with Gasteiger partial charge in [0.1, 0.15) is 12.3 Å². The zero-order valence-corrected chi connectivity index (χ0v) is 19.7. The molecule has 0 bridgehead atoms. The lowest BCUT2D eigenvalue weighted by Gasteiger charge is -2.23. The van der Waals surface area contributed by atoms with E-state index >= 15 is 0 Å². The average Bonchev–Trinajstić information content (AvgIpc) is 2.83. The molecule has 12 heteroatoms. The van der Waals surface area contributed by atoms with Gasteiger partial charge in [0.15, 0.2) is 0 Å². The molecule has 0 atom stereocenters. The number of alkyl halides is 3. The van der Waals surface area contributed by atoms with Crippen molar-refractivity contribution in [3.8, 4) is 5.75 Å². The van der Waals surface area contributed by atoms with E-state index in [1.807, 2.05) is 0 Å². The van der Waals surface area contributed by atoms with Gasteiger partial charge in [0, 0.05) is 10.6 Å². The monoisotopic (exact) mass is 525 g/mol. The number of nitrogens with zero attached hydrogens (tertiary/aromatic N) is 2. The minimum atomic E-state index is -4.61. The lowest BCUT2D eigenvalue weighted by molar-refractivity contribution is -0.137. The molecule has 0 aliphatic heterocycles. The van der Waals surface area contributed by atoms with Gasteiger partial charge < -0.3 is 4.74 Å². The van der Waals surface area contributed by atoms with Crippen LogP contribution >= 0.6 is 11.6 Å². The zero-order chi connectivity index (χ0) is 25.6. The van der Waals surface area contributed by atoms with Crippen LogP contribution in [0.3, 0.4) is 0 Å². The fraction of sp³-hybridized carbons (Fsp3) is 0.130. The Labute approximate surface area is 204 Å². The van der Waals surface area contributed by atoms with E-state index in [9.17, 15) is 26.4 Å². The van der Waals surface area contributed by atoms with Gasteiger partial charge >= 0.3 is 6.18 Å². The topological polar surface area (TPSA) is 88.1 Å². The Kier molecular flexibility index (Phi) is 8.03. The van der Waals surface area contributed by atoms with Gasteiger partial charge in [0.2, 0.25) is 0 Å². The van der Waals surface area contributed by atoms with E-state index in [2.05, 4.69) is 10.5 Å². The van der Waals surface area contributed by atoms with E-state index in [1.165, 1.54) is 73.8 Å². The van der Waals surface area contributed by atoms with Crippen LogP contribution in [0.25, 0.3) is 0 Å². The van der Waals surface area contributed by atoms with E-state index in [0.29, 0.717) is 10.8 Å². The number of hydrazone groups is 1. The molecule has 0 unspecified atom stereocenters. The molecule has 0 saturated carbocycles. The summed E-state index contributed by atoms with van der Waals surface area (Å²) in [5.74, 6) is -0.439. The summed E-state index contributed by atoms with van der Waals surface area (Å²) in [5.41, 5.74) is 1.03. The second kappa shape index (κ2) is 10.8. The molecule has 3 rings (SSSR count). The molecule has 1 amide bonds. The highest BCUT2D eigenvalue weighted by Crippen LogP contribution is 2.31. The molecule has 3 aromatic carbocycles. The van der Waals surface area contributed by atoms with Crippen molar-refractivity contribution in [2.24, 2.45) is 5.10 Å². The molecule has 0 heterocycles. The number of benzene rings is 3. The molecule has 7 nitrogen and oxygen atoms in total. The molecule has 0 fully saturated rings. The Morgan fingerprint density at radius 2 is 1.69 bits per heavy atom. The first kappa shape index (κ1) is 26.0. The van der Waals surface area contributed by atoms with Gasteiger partial charge in [-0.15, -0.1) is 0 Å². The van der Waals surface area contributed by atoms with Crippen molar-refractivity contribution in [2.45, 2.75) is 11.1 Å². The standard InChI is InChI=1S/C23H19ClF3N3O4S/c1-34-19-10-12-20(13-11-19)35(32,33)30(18-8-6-17(24)7-9-18)15-22(31)29-28-14-16-4-2-3-5-21(16)23(25,26)27/h2-14H,15H2,1H3,(H,29,31)/b28-14-. The second-order valence-electron chi connectivity index (χ2n) is 7.04. The molecule has 0 aliphatic carbocycles. The Morgan fingerprint density at radius 1 is 1.06 bits per heavy atom. The number of carbonyl (C=O) groups excluding carboxylic acids is 1. The molecule has 0 aliphatic rings. The lowest BCUT2D eigenvalue weighted by atomic mass is 10.1. The Morgan fingerprint density at radius 3 is 2.29 bits per heavy atom. The lowest BCUT2D eigenvalue weighted by Crippen LogP contribution is -2.39. The molecule has 1 N–H and O–H groups in total. The van der Waals surface area contributed by atoms with Gasteiger partial charge in [-0.1, -0.05) is 29.8 Å². The van der Waals surface area contributed by atoms with Crippen LogP contribution in [-0.2, 0) is 21.0 Å². The number of ether oxygens (including phenoxy) is 1. The van der Waals surface area contributed by atoms with Crippen LogP contribution in [0.1, 0.15) is 11.1 Å². The SMILES string of the molecule is COc1ccc(S(=O)(=O)N(CC(=O)N/N=C\c2ccccc2C(F)(F)F)c2ccc(Cl)cc2)cc1. The fourth-order valence-corrected chi connectivity index (χ4v) is 4.55. The van der Waals surface area contributed by atoms with Crippen LogP contribution in [0, 0.1) is 0 Å². The van der Waals surface area contributed by atoms with Gasteiger partial charge in [-0.2, -0.15) is 18.3 Å². The minimum absolute atomic E-state index is 0.108. The van der Waals surface area contributed by atoms with E-state index in [-0.39, 0.29) is 16.1 Å². The largest absolute Gasteiger partial charge is 0.497 e. The number of hydrogen-bond donors (Lipinski definition) is 1. The number of sulfonamides is 1. The Bertz CT molecular complexity index is 1310. The maximum absolute atomic E-state index is 13.3. The molecule has 35 heavy (non-hydrogen) atoms. The highest BCUT2D eigenvalue weighted by molar-refractivity contribution is 7.92. The van der Waals surface area contributed by atoms with Crippen LogP contribution in [-0.4, -0.2) is 34.2 Å². The summed E-state index contributed by atoms with van der Waals surface area (Å²) < 4.78 is 71.9. The third-order valence-electron chi connectivity index (χ3n) is 4.71. The van der Waals surface area contributed by atoms with Crippen LogP contribution in [0.5, 0.6) is 5.75 Å². The highest BCUT2D eigenvalue weighted by Gasteiger charge is 2.32. The number of halogens is 4. The normalized spacial score (nSPS) is 11.9. The highest BCUT2D eigenvalue weighted by atomic mass is 35.5. The van der Waals surface area contributed by atoms with E-state index in [0.717, 1.165) is 16.6 Å². The van der Waals surface area contributed by atoms with Crippen molar-refractivity contribution in [3.63, 3.8) is 0 Å². The number of nitrogens with one attached hydrogen (secondary N) is 1. The number of anilines is 1. The van der Waals surface area contributed by atoms with E-state index in [1.54, 1.807) is 0 Å². The van der Waals surface area contributed by atoms with Crippen molar-refractivity contribution < 1.29 is 31.1 Å². The zero-order valence-electron chi connectivity index (χ0n) is 18.2. The predicted molar refractivity (Wildman–Crippen MR) is 126 cm³/mol. The number of amides is 1. The molecule has 184 valence electrons. The molecule has 0 radical (unpaired) electrons. The molecular weight excluding hydrogens is 507 g/mol. The van der Waals surface area contributed by atoms with Crippen LogP contribution in [0.4, 0.5) is 18.9 Å². The number of rotatable bonds is 8. The summed E-state index contributed by atoms with van der Waals surface area (Å²) in [6, 6.07) is 16.0. The summed E-state index contributed by atoms with van der Waals surface area (Å²) in [6.07, 6.45) is -3.77. The number of hydrogen-bond acceptors (Lipinski definition) is 5. The predicted octanol–water partition coefficient (Wildman–Crippen LogP) is 4.71. The fourth-order valence-electron chi connectivity index (χ4n) is 3.00. The first-order valence-electron chi connectivity index (χ1n) is 9.93. The first-order chi connectivity index (χ1) is 16.5. The van der Waals surface area contributed by atoms with Gasteiger partial charge in [-0.3, -0.25) is 9.10 Å². The van der Waals surface area contributed by atoms with E-state index in [4.69, 9.17) is 16.3 Å². The van der Waals surface area contributed by atoms with Gasteiger partial charge in [-0.25, -0.2) is 13.8 Å². The van der Waals surface area contributed by atoms with Crippen molar-refractivity contribution in [1.29, 1.82) is 0 Å². The quantitative estimate of drug-likeness (QED) is 0.341. The second-order valence-corrected chi connectivity index (χ2v) is 9.34. The van der Waals surface area contributed by atoms with Gasteiger partial charge in [0.25, 0.3) is 15.9 Å².